The quantitative estimate of drug-likeness (QED) is 0.679. The molecule has 154 valence electrons. The predicted molar refractivity (Wildman–Crippen MR) is 112 cm³/mol. The molecule has 8 nitrogen and oxygen atoms in total. The number of hydrogen-bond donors (Lipinski definition) is 1. The highest BCUT2D eigenvalue weighted by Crippen LogP contribution is 2.21. The first-order chi connectivity index (χ1) is 14.6. The van der Waals surface area contributed by atoms with E-state index in [1.807, 2.05) is 12.1 Å². The second-order valence-corrected chi connectivity index (χ2v) is 7.65. The van der Waals surface area contributed by atoms with Crippen LogP contribution in [0, 0.1) is 5.92 Å². The number of anilines is 1. The summed E-state index contributed by atoms with van der Waals surface area (Å²) in [6.45, 7) is 1.51. The van der Waals surface area contributed by atoms with Gasteiger partial charge in [0.15, 0.2) is 0 Å². The van der Waals surface area contributed by atoms with E-state index in [1.54, 1.807) is 52.6 Å². The summed E-state index contributed by atoms with van der Waals surface area (Å²) in [7, 11) is 0. The van der Waals surface area contributed by atoms with Gasteiger partial charge in [-0.15, -0.1) is 5.10 Å². The SMILES string of the molecule is O=C(Nc1ncn(Cc2cccnc2)n1)[C@H]1CCCN(C(=O)c2ccc(Cl)cc2)C1. The highest BCUT2D eigenvalue weighted by molar-refractivity contribution is 6.30. The van der Waals surface area contributed by atoms with Crippen molar-refractivity contribution in [1.29, 1.82) is 0 Å². The van der Waals surface area contributed by atoms with Crippen molar-refractivity contribution in [3.63, 3.8) is 0 Å². The van der Waals surface area contributed by atoms with Gasteiger partial charge in [0.25, 0.3) is 5.91 Å². The highest BCUT2D eigenvalue weighted by Gasteiger charge is 2.29. The van der Waals surface area contributed by atoms with Crippen molar-refractivity contribution in [2.75, 3.05) is 18.4 Å². The number of piperidine rings is 1. The van der Waals surface area contributed by atoms with E-state index in [0.29, 0.717) is 36.6 Å². The molecule has 1 aliphatic rings. The number of nitrogens with one attached hydrogen (secondary N) is 1. The second-order valence-electron chi connectivity index (χ2n) is 7.21. The molecule has 0 unspecified atom stereocenters. The van der Waals surface area contributed by atoms with Crippen LogP contribution in [0.25, 0.3) is 0 Å². The van der Waals surface area contributed by atoms with Crippen LogP contribution in [0.2, 0.25) is 5.02 Å². The van der Waals surface area contributed by atoms with E-state index < -0.39 is 0 Å². The Morgan fingerprint density at radius 2 is 2.03 bits per heavy atom. The molecule has 4 rings (SSSR count). The third-order valence-electron chi connectivity index (χ3n) is 5.01. The van der Waals surface area contributed by atoms with Crippen LogP contribution < -0.4 is 5.32 Å². The molecule has 1 N–H and O–H groups in total. The van der Waals surface area contributed by atoms with E-state index in [0.717, 1.165) is 12.0 Å². The van der Waals surface area contributed by atoms with E-state index >= 15 is 0 Å². The normalized spacial score (nSPS) is 16.3. The monoisotopic (exact) mass is 424 g/mol. The van der Waals surface area contributed by atoms with Crippen molar-refractivity contribution in [3.05, 3.63) is 71.3 Å². The lowest BCUT2D eigenvalue weighted by atomic mass is 9.96. The lowest BCUT2D eigenvalue weighted by molar-refractivity contribution is -0.121. The van der Waals surface area contributed by atoms with Gasteiger partial charge in [0.05, 0.1) is 12.5 Å². The van der Waals surface area contributed by atoms with Crippen LogP contribution >= 0.6 is 11.6 Å². The summed E-state index contributed by atoms with van der Waals surface area (Å²) in [5, 5.41) is 7.66. The summed E-state index contributed by atoms with van der Waals surface area (Å²) in [6, 6.07) is 10.6. The predicted octanol–water partition coefficient (Wildman–Crippen LogP) is 2.87. The van der Waals surface area contributed by atoms with E-state index in [2.05, 4.69) is 20.4 Å². The molecule has 1 fully saturated rings. The number of amides is 2. The van der Waals surface area contributed by atoms with Gasteiger partial charge in [0, 0.05) is 36.1 Å². The number of halogens is 1. The Kier molecular flexibility index (Phi) is 6.04. The van der Waals surface area contributed by atoms with Gasteiger partial charge in [-0.25, -0.2) is 9.67 Å². The zero-order valence-electron chi connectivity index (χ0n) is 16.2. The summed E-state index contributed by atoms with van der Waals surface area (Å²) in [5.74, 6) is -0.323. The van der Waals surface area contributed by atoms with E-state index in [4.69, 9.17) is 11.6 Å². The van der Waals surface area contributed by atoms with E-state index in [9.17, 15) is 9.59 Å². The topological polar surface area (TPSA) is 93.0 Å². The zero-order chi connectivity index (χ0) is 20.9. The van der Waals surface area contributed by atoms with Crippen LogP contribution in [-0.2, 0) is 11.3 Å². The summed E-state index contributed by atoms with van der Waals surface area (Å²) in [6.07, 6.45) is 6.52. The molecule has 30 heavy (non-hydrogen) atoms. The van der Waals surface area contributed by atoms with Crippen LogP contribution in [0.1, 0.15) is 28.8 Å². The standard InChI is InChI=1S/C21H21ClN6O2/c22-18-7-5-16(6-8-18)20(30)27-10-2-4-17(13-27)19(29)25-21-24-14-28(26-21)12-15-3-1-9-23-11-15/h1,3,5-9,11,14,17H,2,4,10,12-13H2,(H,25,26,29)/t17-/m0/s1. The largest absolute Gasteiger partial charge is 0.338 e. The molecule has 1 aromatic carbocycles. The molecule has 0 aliphatic carbocycles. The van der Waals surface area contributed by atoms with Crippen LogP contribution in [-0.4, -0.2) is 49.6 Å². The number of pyridine rings is 1. The maximum atomic E-state index is 12.7. The second kappa shape index (κ2) is 9.04. The zero-order valence-corrected chi connectivity index (χ0v) is 17.0. The Balaban J connectivity index is 1.35. The fourth-order valence-electron chi connectivity index (χ4n) is 3.47. The van der Waals surface area contributed by atoms with Gasteiger partial charge in [-0.05, 0) is 48.7 Å². The molecule has 3 aromatic rings. The average Bonchev–Trinajstić information content (AvgIpc) is 3.21. The maximum absolute atomic E-state index is 12.7. The Morgan fingerprint density at radius 1 is 1.20 bits per heavy atom. The first-order valence-corrected chi connectivity index (χ1v) is 10.1. The highest BCUT2D eigenvalue weighted by atomic mass is 35.5. The number of carbonyl (C=O) groups excluding carboxylic acids is 2. The van der Waals surface area contributed by atoms with Gasteiger partial charge in [-0.1, -0.05) is 17.7 Å². The van der Waals surface area contributed by atoms with Crippen LogP contribution in [0.15, 0.2) is 55.1 Å². The summed E-state index contributed by atoms with van der Waals surface area (Å²) < 4.78 is 1.64. The third kappa shape index (κ3) is 4.83. The Labute approximate surface area is 178 Å². The van der Waals surface area contributed by atoms with Crippen molar-refractivity contribution in [2.24, 2.45) is 5.92 Å². The molecular formula is C21H21ClN6O2. The number of benzene rings is 1. The van der Waals surface area contributed by atoms with Gasteiger partial charge >= 0.3 is 0 Å². The number of carbonyl (C=O) groups is 2. The Hall–Kier alpha value is -3.26. The van der Waals surface area contributed by atoms with Gasteiger partial charge < -0.3 is 4.90 Å². The summed E-state index contributed by atoms with van der Waals surface area (Å²) in [5.41, 5.74) is 1.56. The van der Waals surface area contributed by atoms with Gasteiger partial charge in [0.2, 0.25) is 11.9 Å². The number of rotatable bonds is 5. The van der Waals surface area contributed by atoms with E-state index in [-0.39, 0.29) is 23.7 Å². The fourth-order valence-corrected chi connectivity index (χ4v) is 3.60. The lowest BCUT2D eigenvalue weighted by Crippen LogP contribution is -2.43. The molecule has 3 heterocycles. The van der Waals surface area contributed by atoms with Crippen molar-refractivity contribution in [2.45, 2.75) is 19.4 Å². The first-order valence-electron chi connectivity index (χ1n) is 9.72. The number of hydrogen-bond acceptors (Lipinski definition) is 5. The molecule has 0 spiro atoms. The Morgan fingerprint density at radius 3 is 2.80 bits per heavy atom. The van der Waals surface area contributed by atoms with Crippen molar-refractivity contribution >= 4 is 29.4 Å². The molecule has 2 aromatic heterocycles. The molecule has 0 bridgehead atoms. The van der Waals surface area contributed by atoms with Gasteiger partial charge in [0.1, 0.15) is 6.33 Å². The summed E-state index contributed by atoms with van der Waals surface area (Å²) >= 11 is 5.90. The van der Waals surface area contributed by atoms with Crippen molar-refractivity contribution in [1.82, 2.24) is 24.6 Å². The lowest BCUT2D eigenvalue weighted by Gasteiger charge is -2.31. The number of likely N-dealkylation sites (tertiary alicyclic amines) is 1. The third-order valence-corrected chi connectivity index (χ3v) is 5.26. The van der Waals surface area contributed by atoms with Crippen molar-refractivity contribution < 1.29 is 9.59 Å². The molecule has 2 amide bonds. The minimum atomic E-state index is -0.305. The minimum Gasteiger partial charge on any atom is -0.338 e. The molecule has 1 atom stereocenters. The smallest absolute Gasteiger partial charge is 0.253 e. The molecule has 1 aliphatic heterocycles. The van der Waals surface area contributed by atoms with Gasteiger partial charge in [-0.3, -0.25) is 19.9 Å². The van der Waals surface area contributed by atoms with E-state index in [1.165, 1.54) is 0 Å². The molecule has 9 heteroatoms. The molecule has 0 saturated carbocycles. The number of aromatic nitrogens is 4. The Bertz CT molecular complexity index is 1020. The van der Waals surface area contributed by atoms with Crippen LogP contribution in [0.5, 0.6) is 0 Å². The molecular weight excluding hydrogens is 404 g/mol. The first kappa shape index (κ1) is 20.0. The van der Waals surface area contributed by atoms with Gasteiger partial charge in [-0.2, -0.15) is 0 Å². The van der Waals surface area contributed by atoms with Crippen molar-refractivity contribution in [3.8, 4) is 0 Å². The minimum absolute atomic E-state index is 0.0944. The average molecular weight is 425 g/mol. The number of nitrogens with zero attached hydrogens (tertiary/aromatic N) is 5. The van der Waals surface area contributed by atoms with Crippen LogP contribution in [0.3, 0.4) is 0 Å². The fraction of sp³-hybridized carbons (Fsp3) is 0.286. The summed E-state index contributed by atoms with van der Waals surface area (Å²) in [4.78, 5) is 35.4. The maximum Gasteiger partial charge on any atom is 0.253 e. The molecule has 0 radical (unpaired) electrons. The van der Waals surface area contributed by atoms with Crippen LogP contribution in [0.4, 0.5) is 5.95 Å². The molecule has 1 saturated heterocycles.